The quantitative estimate of drug-likeness (QED) is 0.892. The summed E-state index contributed by atoms with van der Waals surface area (Å²) in [6.07, 6.45) is 4.55. The molecule has 1 saturated heterocycles. The number of ether oxygens (including phenoxy) is 1. The highest BCUT2D eigenvalue weighted by Crippen LogP contribution is 2.28. The molecule has 2 rings (SSSR count). The largest absolute Gasteiger partial charge is 0.495 e. The fourth-order valence-corrected chi connectivity index (χ4v) is 2.52. The van der Waals surface area contributed by atoms with Gasteiger partial charge in [-0.15, -0.1) is 0 Å². The maximum absolute atomic E-state index is 12.4. The number of anilines is 1. The smallest absolute Gasteiger partial charge is 0.321 e. The molecule has 1 aromatic rings. The monoisotopic (exact) mass is 277 g/mol. The SMILES string of the molecule is COc1cccc(CN)c1NC(=O)N1CCCCCC1. The van der Waals surface area contributed by atoms with Crippen LogP contribution in [-0.4, -0.2) is 31.1 Å². The van der Waals surface area contributed by atoms with Crippen LogP contribution in [0.25, 0.3) is 0 Å². The fraction of sp³-hybridized carbons (Fsp3) is 0.533. The average molecular weight is 277 g/mol. The van der Waals surface area contributed by atoms with Crippen molar-refractivity contribution in [3.8, 4) is 5.75 Å². The molecule has 5 nitrogen and oxygen atoms in total. The Morgan fingerprint density at radius 3 is 2.60 bits per heavy atom. The molecule has 1 aliphatic heterocycles. The molecular formula is C15H23N3O2. The van der Waals surface area contributed by atoms with Crippen molar-refractivity contribution in [3.05, 3.63) is 23.8 Å². The number of para-hydroxylation sites is 1. The van der Waals surface area contributed by atoms with E-state index in [0.717, 1.165) is 31.5 Å². The van der Waals surface area contributed by atoms with E-state index in [1.54, 1.807) is 7.11 Å². The third-order valence-corrected chi connectivity index (χ3v) is 3.68. The number of hydrogen-bond donors (Lipinski definition) is 2. The molecular weight excluding hydrogens is 254 g/mol. The van der Waals surface area contributed by atoms with Crippen molar-refractivity contribution in [1.82, 2.24) is 4.90 Å². The molecule has 3 N–H and O–H groups in total. The van der Waals surface area contributed by atoms with E-state index in [9.17, 15) is 4.79 Å². The molecule has 1 aromatic carbocycles. The van der Waals surface area contributed by atoms with Crippen LogP contribution in [0.3, 0.4) is 0 Å². The third kappa shape index (κ3) is 3.42. The zero-order valence-electron chi connectivity index (χ0n) is 12.0. The number of carbonyl (C=O) groups is 1. The van der Waals surface area contributed by atoms with Crippen LogP contribution in [0.1, 0.15) is 31.2 Å². The van der Waals surface area contributed by atoms with Gasteiger partial charge in [0.15, 0.2) is 0 Å². The number of carbonyl (C=O) groups excluding carboxylic acids is 1. The van der Waals surface area contributed by atoms with Gasteiger partial charge in [-0.05, 0) is 24.5 Å². The molecule has 1 aliphatic rings. The first kappa shape index (κ1) is 14.7. The summed E-state index contributed by atoms with van der Waals surface area (Å²) in [4.78, 5) is 14.2. The van der Waals surface area contributed by atoms with Crippen molar-refractivity contribution in [2.75, 3.05) is 25.5 Å². The van der Waals surface area contributed by atoms with E-state index in [2.05, 4.69) is 5.32 Å². The van der Waals surface area contributed by atoms with Gasteiger partial charge in [-0.1, -0.05) is 25.0 Å². The minimum absolute atomic E-state index is 0.0638. The van der Waals surface area contributed by atoms with E-state index in [4.69, 9.17) is 10.5 Å². The van der Waals surface area contributed by atoms with Crippen molar-refractivity contribution in [3.63, 3.8) is 0 Å². The maximum atomic E-state index is 12.4. The summed E-state index contributed by atoms with van der Waals surface area (Å²) in [6, 6.07) is 5.55. The number of nitrogens with zero attached hydrogens (tertiary/aromatic N) is 1. The van der Waals surface area contributed by atoms with Gasteiger partial charge in [-0.25, -0.2) is 4.79 Å². The summed E-state index contributed by atoms with van der Waals surface area (Å²) in [5, 5.41) is 2.96. The first-order chi connectivity index (χ1) is 9.76. The van der Waals surface area contributed by atoms with Crippen LogP contribution in [-0.2, 0) is 6.54 Å². The van der Waals surface area contributed by atoms with Crippen LogP contribution in [0.4, 0.5) is 10.5 Å². The van der Waals surface area contributed by atoms with E-state index in [1.807, 2.05) is 23.1 Å². The lowest BCUT2D eigenvalue weighted by molar-refractivity contribution is 0.213. The number of hydrogen-bond acceptors (Lipinski definition) is 3. The van der Waals surface area contributed by atoms with Crippen LogP contribution in [0.5, 0.6) is 5.75 Å². The molecule has 110 valence electrons. The lowest BCUT2D eigenvalue weighted by Gasteiger charge is -2.22. The van der Waals surface area contributed by atoms with Gasteiger partial charge < -0.3 is 20.7 Å². The van der Waals surface area contributed by atoms with Crippen molar-refractivity contribution in [2.24, 2.45) is 5.73 Å². The second-order valence-electron chi connectivity index (χ2n) is 5.03. The molecule has 0 aliphatic carbocycles. The predicted octanol–water partition coefficient (Wildman–Crippen LogP) is 2.56. The maximum Gasteiger partial charge on any atom is 0.321 e. The van der Waals surface area contributed by atoms with Gasteiger partial charge in [-0.2, -0.15) is 0 Å². The standard InChI is InChI=1S/C15H23N3O2/c1-20-13-8-6-7-12(11-16)14(13)17-15(19)18-9-4-2-3-5-10-18/h6-8H,2-5,9-11,16H2,1H3,(H,17,19). The highest BCUT2D eigenvalue weighted by Gasteiger charge is 2.18. The summed E-state index contributed by atoms with van der Waals surface area (Å²) in [5.74, 6) is 0.649. The fourth-order valence-electron chi connectivity index (χ4n) is 2.52. The van der Waals surface area contributed by atoms with Crippen LogP contribution < -0.4 is 15.8 Å². The number of nitrogens with one attached hydrogen (secondary N) is 1. The first-order valence-electron chi connectivity index (χ1n) is 7.18. The molecule has 0 atom stereocenters. The Balaban J connectivity index is 2.13. The van der Waals surface area contributed by atoms with Crippen LogP contribution in [0, 0.1) is 0 Å². The van der Waals surface area contributed by atoms with Gasteiger partial charge in [0, 0.05) is 19.6 Å². The van der Waals surface area contributed by atoms with Crippen molar-refractivity contribution in [2.45, 2.75) is 32.2 Å². The molecule has 0 spiro atoms. The Morgan fingerprint density at radius 1 is 1.30 bits per heavy atom. The zero-order chi connectivity index (χ0) is 14.4. The Hall–Kier alpha value is -1.75. The van der Waals surface area contributed by atoms with E-state index in [-0.39, 0.29) is 6.03 Å². The summed E-state index contributed by atoms with van der Waals surface area (Å²) in [6.45, 7) is 2.00. The molecule has 0 unspecified atom stereocenters. The minimum atomic E-state index is -0.0638. The average Bonchev–Trinajstić information content (AvgIpc) is 2.76. The predicted molar refractivity (Wildman–Crippen MR) is 79.9 cm³/mol. The number of nitrogens with two attached hydrogens (primary N) is 1. The Labute approximate surface area is 120 Å². The summed E-state index contributed by atoms with van der Waals surface area (Å²) >= 11 is 0. The van der Waals surface area contributed by atoms with Crippen LogP contribution in [0.15, 0.2) is 18.2 Å². The second kappa shape index (κ2) is 7.14. The van der Waals surface area contributed by atoms with Gasteiger partial charge in [-0.3, -0.25) is 0 Å². The minimum Gasteiger partial charge on any atom is -0.495 e. The Morgan fingerprint density at radius 2 is 2.00 bits per heavy atom. The first-order valence-corrected chi connectivity index (χ1v) is 7.18. The molecule has 0 saturated carbocycles. The molecule has 2 amide bonds. The molecule has 0 radical (unpaired) electrons. The normalized spacial score (nSPS) is 15.6. The van der Waals surface area contributed by atoms with Crippen LogP contribution in [0.2, 0.25) is 0 Å². The van der Waals surface area contributed by atoms with E-state index >= 15 is 0 Å². The topological polar surface area (TPSA) is 67.6 Å². The van der Waals surface area contributed by atoms with E-state index in [0.29, 0.717) is 18.0 Å². The molecule has 1 heterocycles. The third-order valence-electron chi connectivity index (χ3n) is 3.68. The van der Waals surface area contributed by atoms with Gasteiger partial charge in [0.25, 0.3) is 0 Å². The molecule has 20 heavy (non-hydrogen) atoms. The van der Waals surface area contributed by atoms with Crippen molar-refractivity contribution in [1.29, 1.82) is 0 Å². The van der Waals surface area contributed by atoms with Crippen LogP contribution >= 0.6 is 0 Å². The number of amides is 2. The molecule has 0 aromatic heterocycles. The summed E-state index contributed by atoms with van der Waals surface area (Å²) in [5.41, 5.74) is 7.30. The van der Waals surface area contributed by atoms with Gasteiger partial charge in [0.1, 0.15) is 5.75 Å². The Bertz CT molecular complexity index is 432. The van der Waals surface area contributed by atoms with Crippen molar-refractivity contribution >= 4 is 11.7 Å². The van der Waals surface area contributed by atoms with E-state index < -0.39 is 0 Å². The van der Waals surface area contributed by atoms with Gasteiger partial charge in [0.2, 0.25) is 0 Å². The number of benzene rings is 1. The summed E-state index contributed by atoms with van der Waals surface area (Å²) < 4.78 is 5.31. The van der Waals surface area contributed by atoms with Gasteiger partial charge in [0.05, 0.1) is 12.8 Å². The zero-order valence-corrected chi connectivity index (χ0v) is 12.0. The Kier molecular flexibility index (Phi) is 5.24. The molecule has 5 heteroatoms. The van der Waals surface area contributed by atoms with E-state index in [1.165, 1.54) is 12.8 Å². The molecule has 1 fully saturated rings. The van der Waals surface area contributed by atoms with Crippen molar-refractivity contribution < 1.29 is 9.53 Å². The lowest BCUT2D eigenvalue weighted by atomic mass is 10.1. The number of methoxy groups -OCH3 is 1. The highest BCUT2D eigenvalue weighted by molar-refractivity contribution is 5.92. The lowest BCUT2D eigenvalue weighted by Crippen LogP contribution is -2.36. The second-order valence-corrected chi connectivity index (χ2v) is 5.03. The number of rotatable bonds is 3. The molecule has 0 bridgehead atoms. The number of likely N-dealkylation sites (tertiary alicyclic amines) is 1. The number of urea groups is 1. The summed E-state index contributed by atoms with van der Waals surface area (Å²) in [7, 11) is 1.59. The highest BCUT2D eigenvalue weighted by atomic mass is 16.5. The van der Waals surface area contributed by atoms with Gasteiger partial charge >= 0.3 is 6.03 Å².